The molecule has 3 heterocycles. The second-order valence-corrected chi connectivity index (χ2v) is 10.9. The zero-order chi connectivity index (χ0) is 25.3. The van der Waals surface area contributed by atoms with E-state index in [0.717, 1.165) is 37.0 Å². The Balaban J connectivity index is 1.51. The summed E-state index contributed by atoms with van der Waals surface area (Å²) in [5, 5.41) is 0.712. The molecule has 0 bridgehead atoms. The predicted octanol–water partition coefficient (Wildman–Crippen LogP) is 4.83. The average molecular weight is 514 g/mol. The summed E-state index contributed by atoms with van der Waals surface area (Å²) in [5.74, 6) is -1.59. The molecular formula is C26H25F2N3O4S. The first kappa shape index (κ1) is 24.2. The summed E-state index contributed by atoms with van der Waals surface area (Å²) in [4.78, 5) is 17.7. The van der Waals surface area contributed by atoms with E-state index in [-0.39, 0.29) is 17.1 Å². The molecule has 0 radical (unpaired) electrons. The summed E-state index contributed by atoms with van der Waals surface area (Å²) in [5.41, 5.74) is 2.12. The average Bonchev–Trinajstić information content (AvgIpc) is 3.27. The summed E-state index contributed by atoms with van der Waals surface area (Å²) in [6, 6.07) is 9.78. The van der Waals surface area contributed by atoms with Gasteiger partial charge in [0.05, 0.1) is 5.75 Å². The fourth-order valence-electron chi connectivity index (χ4n) is 4.56. The first-order valence-electron chi connectivity index (χ1n) is 11.7. The molecule has 0 spiro atoms. The standard InChI is InChI=1S/C26H25F2N3O4S/c27-20-5-7-24(22(28)14-20)35-23-6-4-17(16-36(33,34)31-10-2-1-3-11-31)12-18(23)13-19-15-30-25-21(19)8-9-29-26(25)32/h4-9,12,14-15,30H,1-3,10-11,13,16H2,(H,29,32). The highest BCUT2D eigenvalue weighted by molar-refractivity contribution is 7.88. The van der Waals surface area contributed by atoms with Crippen LogP contribution >= 0.6 is 0 Å². The molecule has 5 rings (SSSR count). The van der Waals surface area contributed by atoms with Gasteiger partial charge in [0.15, 0.2) is 11.6 Å². The fraction of sp³-hybridized carbons (Fsp3) is 0.269. The number of aromatic amines is 2. The van der Waals surface area contributed by atoms with E-state index in [1.165, 1.54) is 10.4 Å². The summed E-state index contributed by atoms with van der Waals surface area (Å²) in [6.45, 7) is 1.04. The number of aromatic nitrogens is 2. The summed E-state index contributed by atoms with van der Waals surface area (Å²) in [6.07, 6.45) is 6.27. The zero-order valence-electron chi connectivity index (χ0n) is 19.4. The number of hydrogen-bond acceptors (Lipinski definition) is 4. The molecule has 0 saturated carbocycles. The van der Waals surface area contributed by atoms with Crippen molar-refractivity contribution >= 4 is 20.9 Å². The fourth-order valence-corrected chi connectivity index (χ4v) is 6.16. The van der Waals surface area contributed by atoms with E-state index in [0.29, 0.717) is 47.3 Å². The predicted molar refractivity (Wildman–Crippen MR) is 133 cm³/mol. The lowest BCUT2D eigenvalue weighted by atomic mass is 10.0. The van der Waals surface area contributed by atoms with E-state index in [1.807, 2.05) is 0 Å². The SMILES string of the molecule is O=c1[nH]ccc2c(Cc3cc(CS(=O)(=O)N4CCCCC4)ccc3Oc3ccc(F)cc3F)c[nH]c12. The van der Waals surface area contributed by atoms with Crippen molar-refractivity contribution < 1.29 is 21.9 Å². The molecule has 1 fully saturated rings. The summed E-state index contributed by atoms with van der Waals surface area (Å²) in [7, 11) is -3.50. The lowest BCUT2D eigenvalue weighted by Crippen LogP contribution is -2.36. The van der Waals surface area contributed by atoms with Crippen LogP contribution in [0.5, 0.6) is 11.5 Å². The Labute approximate surface area is 206 Å². The van der Waals surface area contributed by atoms with Crippen molar-refractivity contribution in [2.75, 3.05) is 13.1 Å². The molecule has 0 amide bonds. The molecular weight excluding hydrogens is 488 g/mol. The maximum atomic E-state index is 14.3. The third kappa shape index (κ3) is 5.05. The number of rotatable bonds is 7. The van der Waals surface area contributed by atoms with Gasteiger partial charge < -0.3 is 14.7 Å². The van der Waals surface area contributed by atoms with Crippen molar-refractivity contribution in [1.82, 2.24) is 14.3 Å². The van der Waals surface area contributed by atoms with Crippen LogP contribution < -0.4 is 10.3 Å². The largest absolute Gasteiger partial charge is 0.454 e. The van der Waals surface area contributed by atoms with Gasteiger partial charge in [-0.2, -0.15) is 0 Å². The number of nitrogens with zero attached hydrogens (tertiary/aromatic N) is 1. The van der Waals surface area contributed by atoms with Gasteiger partial charge in [0.1, 0.15) is 17.1 Å². The van der Waals surface area contributed by atoms with Gasteiger partial charge in [-0.25, -0.2) is 21.5 Å². The number of pyridine rings is 1. The van der Waals surface area contributed by atoms with E-state index < -0.39 is 21.7 Å². The zero-order valence-corrected chi connectivity index (χ0v) is 20.2. The van der Waals surface area contributed by atoms with Crippen molar-refractivity contribution in [1.29, 1.82) is 0 Å². The molecule has 36 heavy (non-hydrogen) atoms. The van der Waals surface area contributed by atoms with Crippen molar-refractivity contribution in [3.63, 3.8) is 0 Å². The molecule has 1 aliphatic heterocycles. The van der Waals surface area contributed by atoms with Gasteiger partial charge in [-0.05, 0) is 53.8 Å². The number of benzene rings is 2. The van der Waals surface area contributed by atoms with Crippen LogP contribution in [0.3, 0.4) is 0 Å². The first-order valence-corrected chi connectivity index (χ1v) is 13.3. The lowest BCUT2D eigenvalue weighted by Gasteiger charge is -2.26. The van der Waals surface area contributed by atoms with Gasteiger partial charge in [0.25, 0.3) is 5.56 Å². The van der Waals surface area contributed by atoms with Crippen molar-refractivity contribution in [2.24, 2.45) is 0 Å². The van der Waals surface area contributed by atoms with Crippen LogP contribution in [0.2, 0.25) is 0 Å². The van der Waals surface area contributed by atoms with E-state index in [9.17, 15) is 22.0 Å². The number of hydrogen-bond donors (Lipinski definition) is 2. The molecule has 7 nitrogen and oxygen atoms in total. The van der Waals surface area contributed by atoms with Crippen LogP contribution in [0, 0.1) is 11.6 Å². The van der Waals surface area contributed by atoms with Crippen LogP contribution in [0.15, 0.2) is 59.7 Å². The molecule has 0 atom stereocenters. The van der Waals surface area contributed by atoms with Crippen LogP contribution in [0.25, 0.3) is 10.9 Å². The third-order valence-corrected chi connectivity index (χ3v) is 8.22. The summed E-state index contributed by atoms with van der Waals surface area (Å²) < 4.78 is 61.0. The minimum Gasteiger partial charge on any atom is -0.454 e. The molecule has 4 aromatic rings. The molecule has 0 unspecified atom stereocenters. The van der Waals surface area contributed by atoms with Crippen molar-refractivity contribution in [3.05, 3.63) is 93.5 Å². The Morgan fingerprint density at radius 3 is 2.47 bits per heavy atom. The summed E-state index contributed by atoms with van der Waals surface area (Å²) >= 11 is 0. The van der Waals surface area contributed by atoms with Gasteiger partial charge >= 0.3 is 0 Å². The smallest absolute Gasteiger partial charge is 0.272 e. The Kier molecular flexibility index (Phi) is 6.63. The second-order valence-electron chi connectivity index (χ2n) is 8.92. The maximum absolute atomic E-state index is 14.3. The molecule has 2 aromatic carbocycles. The Hall–Kier alpha value is -3.50. The topological polar surface area (TPSA) is 95.3 Å². The lowest BCUT2D eigenvalue weighted by molar-refractivity contribution is 0.346. The highest BCUT2D eigenvalue weighted by Crippen LogP contribution is 2.32. The Morgan fingerprint density at radius 2 is 1.69 bits per heavy atom. The molecule has 1 aliphatic rings. The van der Waals surface area contributed by atoms with Crippen LogP contribution in [-0.2, 0) is 22.2 Å². The molecule has 2 N–H and O–H groups in total. The highest BCUT2D eigenvalue weighted by atomic mass is 32.2. The molecule has 10 heteroatoms. The number of sulfonamides is 1. The minimum atomic E-state index is -3.50. The maximum Gasteiger partial charge on any atom is 0.272 e. The first-order chi connectivity index (χ1) is 17.3. The van der Waals surface area contributed by atoms with Gasteiger partial charge in [0.2, 0.25) is 10.0 Å². The van der Waals surface area contributed by atoms with Crippen LogP contribution in [-0.4, -0.2) is 35.8 Å². The quantitative estimate of drug-likeness (QED) is 0.370. The van der Waals surface area contributed by atoms with Gasteiger partial charge in [0, 0.05) is 43.4 Å². The number of piperidine rings is 1. The highest BCUT2D eigenvalue weighted by Gasteiger charge is 2.25. The molecule has 2 aromatic heterocycles. The normalized spacial score (nSPS) is 14.8. The number of fused-ring (bicyclic) bond motifs is 1. The molecule has 0 aliphatic carbocycles. The Bertz CT molecular complexity index is 1570. The van der Waals surface area contributed by atoms with E-state index in [2.05, 4.69) is 9.97 Å². The number of ether oxygens (including phenoxy) is 1. The van der Waals surface area contributed by atoms with E-state index >= 15 is 0 Å². The van der Waals surface area contributed by atoms with Crippen LogP contribution in [0.4, 0.5) is 8.78 Å². The minimum absolute atomic E-state index is 0.151. The van der Waals surface area contributed by atoms with E-state index in [1.54, 1.807) is 36.7 Å². The third-order valence-electron chi connectivity index (χ3n) is 6.37. The van der Waals surface area contributed by atoms with Crippen molar-refractivity contribution in [2.45, 2.75) is 31.4 Å². The van der Waals surface area contributed by atoms with Crippen molar-refractivity contribution in [3.8, 4) is 11.5 Å². The van der Waals surface area contributed by atoms with Crippen LogP contribution in [0.1, 0.15) is 36.0 Å². The van der Waals surface area contributed by atoms with Gasteiger partial charge in [-0.3, -0.25) is 4.79 Å². The van der Waals surface area contributed by atoms with E-state index in [4.69, 9.17) is 4.74 Å². The van der Waals surface area contributed by atoms with Gasteiger partial charge in [-0.15, -0.1) is 0 Å². The molecule has 1 saturated heterocycles. The monoisotopic (exact) mass is 513 g/mol. The van der Waals surface area contributed by atoms with Gasteiger partial charge in [-0.1, -0.05) is 18.6 Å². The molecule has 188 valence electrons. The number of halogens is 2. The Morgan fingerprint density at radius 1 is 0.917 bits per heavy atom. The second kappa shape index (κ2) is 9.87. The number of nitrogens with one attached hydrogen (secondary N) is 2. The number of H-pyrrole nitrogens is 2.